The third-order valence-corrected chi connectivity index (χ3v) is 5.43. The molecule has 0 saturated carbocycles. The maximum Gasteiger partial charge on any atom is 0.409 e. The highest BCUT2D eigenvalue weighted by Crippen LogP contribution is 2.19. The van der Waals surface area contributed by atoms with Gasteiger partial charge in [0.15, 0.2) is 11.5 Å². The molecule has 2 heterocycles. The van der Waals surface area contributed by atoms with Crippen LogP contribution < -0.4 is 11.1 Å². The number of aromatic nitrogens is 3. The third kappa shape index (κ3) is 7.25. The number of rotatable bonds is 11. The van der Waals surface area contributed by atoms with Crippen LogP contribution in [0.4, 0.5) is 4.79 Å². The number of hydrogen-bond donors (Lipinski definition) is 2. The molecule has 0 bridgehead atoms. The highest BCUT2D eigenvalue weighted by molar-refractivity contribution is 5.85. The summed E-state index contributed by atoms with van der Waals surface area (Å²) in [4.78, 5) is 26.8. The number of amides is 2. The summed E-state index contributed by atoms with van der Waals surface area (Å²) >= 11 is 0. The van der Waals surface area contributed by atoms with Crippen LogP contribution in [0.15, 0.2) is 48.5 Å². The van der Waals surface area contributed by atoms with Gasteiger partial charge >= 0.3 is 6.09 Å². The van der Waals surface area contributed by atoms with Gasteiger partial charge in [0.1, 0.15) is 12.6 Å². The van der Waals surface area contributed by atoms with Crippen molar-refractivity contribution in [3.05, 3.63) is 65.6 Å². The SMILES string of the molecule is CC(C)CN(C)C(=O)OCc1cccc2nnc([C@@H](COCc3ccccc3)NC(=O)C(C)(C)N)n12. The molecule has 36 heavy (non-hydrogen) atoms. The number of nitrogens with one attached hydrogen (secondary N) is 1. The van der Waals surface area contributed by atoms with E-state index >= 15 is 0 Å². The molecule has 0 aliphatic rings. The molecule has 3 N–H and O–H groups in total. The molecule has 0 unspecified atom stereocenters. The zero-order chi connectivity index (χ0) is 26.3. The van der Waals surface area contributed by atoms with Crippen molar-refractivity contribution in [2.24, 2.45) is 11.7 Å². The fourth-order valence-corrected chi connectivity index (χ4v) is 3.63. The Morgan fingerprint density at radius 1 is 1.08 bits per heavy atom. The highest BCUT2D eigenvalue weighted by atomic mass is 16.6. The van der Waals surface area contributed by atoms with Crippen molar-refractivity contribution >= 4 is 17.6 Å². The van der Waals surface area contributed by atoms with Gasteiger partial charge in [-0.25, -0.2) is 4.79 Å². The molecule has 3 aromatic rings. The van der Waals surface area contributed by atoms with Crippen molar-refractivity contribution < 1.29 is 19.1 Å². The first-order valence-corrected chi connectivity index (χ1v) is 12.0. The molecule has 0 saturated heterocycles. The summed E-state index contributed by atoms with van der Waals surface area (Å²) in [5.74, 6) is 0.423. The Bertz CT molecular complexity index is 1160. The zero-order valence-corrected chi connectivity index (χ0v) is 21.6. The van der Waals surface area contributed by atoms with Crippen LogP contribution in [0, 0.1) is 5.92 Å². The number of carbonyl (C=O) groups excluding carboxylic acids is 2. The topological polar surface area (TPSA) is 124 Å². The standard InChI is InChI=1S/C26H36N6O4/c1-18(2)14-31(5)25(34)36-16-20-12-9-13-22-29-30-23(32(20)22)21(28-24(33)26(3,4)27)17-35-15-19-10-7-6-8-11-19/h6-13,18,21H,14-17,27H2,1-5H3,(H,28,33)/t21-/m1/s1. The second-order valence-corrected chi connectivity index (χ2v) is 9.85. The van der Waals surface area contributed by atoms with Gasteiger partial charge < -0.3 is 25.4 Å². The van der Waals surface area contributed by atoms with Crippen molar-refractivity contribution in [2.75, 3.05) is 20.2 Å². The lowest BCUT2D eigenvalue weighted by molar-refractivity contribution is -0.126. The molecule has 0 spiro atoms. The molecular weight excluding hydrogens is 460 g/mol. The Labute approximate surface area is 211 Å². The van der Waals surface area contributed by atoms with Gasteiger partial charge in [-0.1, -0.05) is 50.2 Å². The van der Waals surface area contributed by atoms with Crippen molar-refractivity contribution in [2.45, 2.75) is 52.5 Å². The van der Waals surface area contributed by atoms with Gasteiger partial charge in [0, 0.05) is 13.6 Å². The number of benzene rings is 1. The van der Waals surface area contributed by atoms with E-state index in [1.807, 2.05) is 56.3 Å². The van der Waals surface area contributed by atoms with Crippen molar-refractivity contribution in [1.29, 1.82) is 0 Å². The van der Waals surface area contributed by atoms with E-state index in [2.05, 4.69) is 15.5 Å². The minimum Gasteiger partial charge on any atom is -0.443 e. The van der Waals surface area contributed by atoms with Gasteiger partial charge in [-0.2, -0.15) is 0 Å². The summed E-state index contributed by atoms with van der Waals surface area (Å²) < 4.78 is 13.3. The van der Waals surface area contributed by atoms with Crippen molar-refractivity contribution in [1.82, 2.24) is 24.8 Å². The summed E-state index contributed by atoms with van der Waals surface area (Å²) in [6, 6.07) is 14.5. The second kappa shape index (κ2) is 12.0. The van der Waals surface area contributed by atoms with Gasteiger partial charge in [-0.15, -0.1) is 10.2 Å². The predicted molar refractivity (Wildman–Crippen MR) is 136 cm³/mol. The Balaban J connectivity index is 1.84. The summed E-state index contributed by atoms with van der Waals surface area (Å²) in [6.07, 6.45) is -0.420. The Hall–Kier alpha value is -3.50. The minimum atomic E-state index is -1.10. The lowest BCUT2D eigenvalue weighted by Crippen LogP contribution is -2.51. The van der Waals surface area contributed by atoms with E-state index in [-0.39, 0.29) is 19.1 Å². The summed E-state index contributed by atoms with van der Waals surface area (Å²) in [6.45, 7) is 8.43. The van der Waals surface area contributed by atoms with Gasteiger partial charge in [0.25, 0.3) is 0 Å². The molecule has 0 fully saturated rings. The molecule has 0 aliphatic carbocycles. The number of nitrogens with zero attached hydrogens (tertiary/aromatic N) is 4. The molecule has 194 valence electrons. The maximum absolute atomic E-state index is 12.8. The van der Waals surface area contributed by atoms with E-state index in [0.29, 0.717) is 36.2 Å². The van der Waals surface area contributed by atoms with E-state index < -0.39 is 17.7 Å². The first kappa shape index (κ1) is 27.1. The van der Waals surface area contributed by atoms with Crippen LogP contribution in [0.25, 0.3) is 5.65 Å². The van der Waals surface area contributed by atoms with Crippen LogP contribution in [0.3, 0.4) is 0 Å². The average Bonchev–Trinajstić information content (AvgIpc) is 3.26. The van der Waals surface area contributed by atoms with Gasteiger partial charge in [-0.3, -0.25) is 9.20 Å². The van der Waals surface area contributed by atoms with Crippen molar-refractivity contribution in [3.63, 3.8) is 0 Å². The monoisotopic (exact) mass is 496 g/mol. The van der Waals surface area contributed by atoms with Crippen LogP contribution in [-0.2, 0) is 27.5 Å². The van der Waals surface area contributed by atoms with E-state index in [4.69, 9.17) is 15.2 Å². The normalized spacial score (nSPS) is 12.5. The van der Waals surface area contributed by atoms with Gasteiger partial charge in [-0.05, 0) is 37.5 Å². The Morgan fingerprint density at radius 2 is 1.81 bits per heavy atom. The van der Waals surface area contributed by atoms with Crippen LogP contribution in [-0.4, -0.2) is 57.2 Å². The van der Waals surface area contributed by atoms with Gasteiger partial charge in [0.2, 0.25) is 5.91 Å². The first-order chi connectivity index (χ1) is 17.1. The van der Waals surface area contributed by atoms with Crippen LogP contribution in [0.5, 0.6) is 0 Å². The van der Waals surface area contributed by atoms with Crippen LogP contribution >= 0.6 is 0 Å². The molecule has 3 rings (SSSR count). The first-order valence-electron chi connectivity index (χ1n) is 12.0. The largest absolute Gasteiger partial charge is 0.443 e. The Kier molecular flexibility index (Phi) is 9.00. The third-order valence-electron chi connectivity index (χ3n) is 5.43. The maximum atomic E-state index is 12.8. The second-order valence-electron chi connectivity index (χ2n) is 9.85. The smallest absolute Gasteiger partial charge is 0.409 e. The van der Waals surface area contributed by atoms with E-state index in [1.54, 1.807) is 36.3 Å². The lowest BCUT2D eigenvalue weighted by Gasteiger charge is -2.24. The molecule has 10 nitrogen and oxygen atoms in total. The van der Waals surface area contributed by atoms with Crippen molar-refractivity contribution in [3.8, 4) is 0 Å². The molecule has 10 heteroatoms. The molecule has 2 aromatic heterocycles. The number of ether oxygens (including phenoxy) is 2. The average molecular weight is 497 g/mol. The zero-order valence-electron chi connectivity index (χ0n) is 21.6. The number of carbonyl (C=O) groups is 2. The molecule has 1 atom stereocenters. The predicted octanol–water partition coefficient (Wildman–Crippen LogP) is 3.07. The number of pyridine rings is 1. The van der Waals surface area contributed by atoms with E-state index in [1.165, 1.54) is 0 Å². The molecule has 1 aromatic carbocycles. The number of nitrogens with two attached hydrogens (primary N) is 1. The van der Waals surface area contributed by atoms with Gasteiger partial charge in [0.05, 0.1) is 24.4 Å². The van der Waals surface area contributed by atoms with Crippen LogP contribution in [0.2, 0.25) is 0 Å². The molecule has 2 amide bonds. The summed E-state index contributed by atoms with van der Waals surface area (Å²) in [7, 11) is 1.71. The quantitative estimate of drug-likeness (QED) is 0.418. The molecule has 0 radical (unpaired) electrons. The van der Waals surface area contributed by atoms with Crippen LogP contribution in [0.1, 0.15) is 50.8 Å². The number of hydrogen-bond acceptors (Lipinski definition) is 7. The summed E-state index contributed by atoms with van der Waals surface area (Å²) in [5.41, 5.74) is 7.15. The minimum absolute atomic E-state index is 0.0115. The number of fused-ring (bicyclic) bond motifs is 1. The fraction of sp³-hybridized carbons (Fsp3) is 0.462. The summed E-state index contributed by atoms with van der Waals surface area (Å²) in [5, 5.41) is 11.5. The lowest BCUT2D eigenvalue weighted by atomic mass is 10.1. The van der Waals surface area contributed by atoms with E-state index in [0.717, 1.165) is 5.56 Å². The fourth-order valence-electron chi connectivity index (χ4n) is 3.63. The molecular formula is C26H36N6O4. The van der Waals surface area contributed by atoms with E-state index in [9.17, 15) is 9.59 Å². The molecule has 0 aliphatic heterocycles. The highest BCUT2D eigenvalue weighted by Gasteiger charge is 2.28. The Morgan fingerprint density at radius 3 is 2.47 bits per heavy atom.